The quantitative estimate of drug-likeness (QED) is 0.784. The summed E-state index contributed by atoms with van der Waals surface area (Å²) in [4.78, 5) is 12.4. The first-order valence-corrected chi connectivity index (χ1v) is 8.65. The summed E-state index contributed by atoms with van der Waals surface area (Å²) in [6.07, 6.45) is 0. The lowest BCUT2D eigenvalue weighted by molar-refractivity contribution is 0.103. The SMILES string of the molecule is Cc1ccc(S(=O)(=O)c2ccc3c4c(cccc24)NC3=O)cc1. The van der Waals surface area contributed by atoms with E-state index in [1.54, 1.807) is 48.5 Å². The molecule has 0 atom stereocenters. The molecule has 0 spiro atoms. The third kappa shape index (κ3) is 1.97. The highest BCUT2D eigenvalue weighted by Gasteiger charge is 2.27. The van der Waals surface area contributed by atoms with Crippen molar-refractivity contribution in [1.82, 2.24) is 0 Å². The number of anilines is 1. The lowest BCUT2D eigenvalue weighted by Gasteiger charge is -2.09. The summed E-state index contributed by atoms with van der Waals surface area (Å²) in [6.45, 7) is 1.91. The topological polar surface area (TPSA) is 63.2 Å². The molecule has 23 heavy (non-hydrogen) atoms. The van der Waals surface area contributed by atoms with Crippen LogP contribution >= 0.6 is 0 Å². The maximum atomic E-state index is 13.0. The highest BCUT2D eigenvalue weighted by atomic mass is 32.2. The number of carbonyl (C=O) groups is 1. The molecule has 0 bridgehead atoms. The zero-order chi connectivity index (χ0) is 16.2. The predicted octanol–water partition coefficient (Wildman–Crippen LogP) is 3.55. The number of nitrogens with one attached hydrogen (secondary N) is 1. The van der Waals surface area contributed by atoms with Gasteiger partial charge in [-0.1, -0.05) is 29.8 Å². The molecule has 1 aliphatic heterocycles. The van der Waals surface area contributed by atoms with E-state index in [2.05, 4.69) is 5.32 Å². The largest absolute Gasteiger partial charge is 0.321 e. The normalized spacial score (nSPS) is 13.3. The summed E-state index contributed by atoms with van der Waals surface area (Å²) in [5.74, 6) is -0.199. The summed E-state index contributed by atoms with van der Waals surface area (Å²) < 4.78 is 26.0. The third-order valence-electron chi connectivity index (χ3n) is 4.11. The van der Waals surface area contributed by atoms with Crippen LogP contribution in [0.25, 0.3) is 10.8 Å². The van der Waals surface area contributed by atoms with E-state index in [1.165, 1.54) is 6.07 Å². The molecule has 0 saturated carbocycles. The van der Waals surface area contributed by atoms with Gasteiger partial charge in [0, 0.05) is 22.0 Å². The second kappa shape index (κ2) is 4.67. The zero-order valence-corrected chi connectivity index (χ0v) is 13.1. The molecule has 0 fully saturated rings. The monoisotopic (exact) mass is 323 g/mol. The van der Waals surface area contributed by atoms with Gasteiger partial charge in [0.2, 0.25) is 9.84 Å². The van der Waals surface area contributed by atoms with Gasteiger partial charge in [-0.15, -0.1) is 0 Å². The van der Waals surface area contributed by atoms with Crippen LogP contribution < -0.4 is 5.32 Å². The number of rotatable bonds is 2. The number of hydrogen-bond acceptors (Lipinski definition) is 3. The van der Waals surface area contributed by atoms with E-state index in [1.807, 2.05) is 6.92 Å². The fourth-order valence-corrected chi connectivity index (χ4v) is 4.40. The van der Waals surface area contributed by atoms with Gasteiger partial charge in [-0.25, -0.2) is 8.42 Å². The van der Waals surface area contributed by atoms with Crippen LogP contribution in [0.5, 0.6) is 0 Å². The Morgan fingerprint density at radius 3 is 2.39 bits per heavy atom. The molecule has 0 unspecified atom stereocenters. The fourth-order valence-electron chi connectivity index (χ4n) is 2.94. The molecule has 1 amide bonds. The van der Waals surface area contributed by atoms with Crippen molar-refractivity contribution in [3.8, 4) is 0 Å². The number of amides is 1. The highest BCUT2D eigenvalue weighted by molar-refractivity contribution is 7.91. The van der Waals surface area contributed by atoms with Crippen LogP contribution in [-0.4, -0.2) is 14.3 Å². The maximum absolute atomic E-state index is 13.0. The maximum Gasteiger partial charge on any atom is 0.256 e. The van der Waals surface area contributed by atoms with Crippen molar-refractivity contribution in [3.63, 3.8) is 0 Å². The van der Waals surface area contributed by atoms with Gasteiger partial charge in [0.15, 0.2) is 0 Å². The fraction of sp³-hybridized carbons (Fsp3) is 0.0556. The van der Waals surface area contributed by atoms with Crippen molar-refractivity contribution in [3.05, 3.63) is 65.7 Å². The van der Waals surface area contributed by atoms with Crippen LogP contribution in [-0.2, 0) is 9.84 Å². The summed E-state index contributed by atoms with van der Waals surface area (Å²) in [5, 5.41) is 4.00. The standard InChI is InChI=1S/C18H13NO3S/c1-11-5-7-12(8-6-11)23(21,22)16-10-9-14-17-13(16)3-2-4-15(17)19-18(14)20/h2-10H,1H3,(H,19,20). The van der Waals surface area contributed by atoms with E-state index in [4.69, 9.17) is 0 Å². The van der Waals surface area contributed by atoms with Crippen molar-refractivity contribution in [1.29, 1.82) is 0 Å². The first-order chi connectivity index (χ1) is 11.0. The Morgan fingerprint density at radius 2 is 1.65 bits per heavy atom. The second-order valence-electron chi connectivity index (χ2n) is 5.61. The molecule has 0 aromatic heterocycles. The van der Waals surface area contributed by atoms with E-state index < -0.39 is 9.84 Å². The van der Waals surface area contributed by atoms with Crippen LogP contribution in [0.2, 0.25) is 0 Å². The molecule has 0 aliphatic carbocycles. The van der Waals surface area contributed by atoms with Crippen molar-refractivity contribution in [2.75, 3.05) is 5.32 Å². The molecule has 4 nitrogen and oxygen atoms in total. The molecular formula is C18H13NO3S. The molecule has 5 heteroatoms. The Labute approximate surface area is 133 Å². The molecule has 3 aromatic rings. The van der Waals surface area contributed by atoms with Gasteiger partial charge >= 0.3 is 0 Å². The van der Waals surface area contributed by atoms with E-state index in [9.17, 15) is 13.2 Å². The molecule has 0 saturated heterocycles. The van der Waals surface area contributed by atoms with Crippen molar-refractivity contribution >= 4 is 32.2 Å². The van der Waals surface area contributed by atoms with Gasteiger partial charge in [0.05, 0.1) is 9.79 Å². The van der Waals surface area contributed by atoms with E-state index >= 15 is 0 Å². The average Bonchev–Trinajstić information content (AvgIpc) is 2.86. The van der Waals surface area contributed by atoms with Crippen molar-refractivity contribution < 1.29 is 13.2 Å². The Morgan fingerprint density at radius 1 is 0.913 bits per heavy atom. The van der Waals surface area contributed by atoms with Crippen LogP contribution in [0, 0.1) is 6.92 Å². The molecular weight excluding hydrogens is 310 g/mol. The Bertz CT molecular complexity index is 1070. The summed E-state index contributed by atoms with van der Waals surface area (Å²) in [6, 6.07) is 15.1. The van der Waals surface area contributed by atoms with Crippen molar-refractivity contribution in [2.24, 2.45) is 0 Å². The Balaban J connectivity index is 2.02. The zero-order valence-electron chi connectivity index (χ0n) is 12.3. The Kier molecular flexibility index (Phi) is 2.83. The molecule has 4 rings (SSSR count). The van der Waals surface area contributed by atoms with Gasteiger partial charge in [0.1, 0.15) is 0 Å². The second-order valence-corrected chi connectivity index (χ2v) is 7.53. The van der Waals surface area contributed by atoms with Gasteiger partial charge in [0.25, 0.3) is 5.91 Å². The van der Waals surface area contributed by atoms with Gasteiger partial charge in [-0.3, -0.25) is 4.79 Å². The molecule has 0 radical (unpaired) electrons. The minimum Gasteiger partial charge on any atom is -0.321 e. The number of benzene rings is 3. The molecule has 1 aliphatic rings. The van der Waals surface area contributed by atoms with Gasteiger partial charge < -0.3 is 5.32 Å². The van der Waals surface area contributed by atoms with E-state index in [0.29, 0.717) is 22.0 Å². The third-order valence-corrected chi connectivity index (χ3v) is 5.94. The number of sulfone groups is 1. The predicted molar refractivity (Wildman–Crippen MR) is 88.5 cm³/mol. The summed E-state index contributed by atoms with van der Waals surface area (Å²) in [5.41, 5.74) is 2.17. The first kappa shape index (κ1) is 14.0. The van der Waals surface area contributed by atoms with E-state index in [0.717, 1.165) is 5.56 Å². The van der Waals surface area contributed by atoms with Gasteiger partial charge in [-0.05, 0) is 37.3 Å². The summed E-state index contributed by atoms with van der Waals surface area (Å²) >= 11 is 0. The molecule has 1 heterocycles. The van der Waals surface area contributed by atoms with Crippen LogP contribution in [0.4, 0.5) is 5.69 Å². The lowest BCUT2D eigenvalue weighted by atomic mass is 10.1. The summed E-state index contributed by atoms with van der Waals surface area (Å²) in [7, 11) is -3.64. The minimum absolute atomic E-state index is 0.199. The average molecular weight is 323 g/mol. The van der Waals surface area contributed by atoms with Gasteiger partial charge in [-0.2, -0.15) is 0 Å². The van der Waals surface area contributed by atoms with Crippen molar-refractivity contribution in [2.45, 2.75) is 16.7 Å². The van der Waals surface area contributed by atoms with E-state index in [-0.39, 0.29) is 15.7 Å². The number of carbonyl (C=O) groups excluding carboxylic acids is 1. The number of aryl methyl sites for hydroxylation is 1. The Hall–Kier alpha value is -2.66. The van der Waals surface area contributed by atoms with Crippen LogP contribution in [0.15, 0.2) is 64.4 Å². The van der Waals surface area contributed by atoms with Crippen LogP contribution in [0.1, 0.15) is 15.9 Å². The lowest BCUT2D eigenvalue weighted by Crippen LogP contribution is -2.05. The van der Waals surface area contributed by atoms with Crippen LogP contribution in [0.3, 0.4) is 0 Å². The minimum atomic E-state index is -3.64. The number of hydrogen-bond donors (Lipinski definition) is 1. The molecule has 3 aromatic carbocycles. The first-order valence-electron chi connectivity index (χ1n) is 7.17. The molecule has 1 N–H and O–H groups in total. The highest BCUT2D eigenvalue weighted by Crippen LogP contribution is 2.37. The molecule has 114 valence electrons. The smallest absolute Gasteiger partial charge is 0.256 e.